The third-order valence-corrected chi connectivity index (χ3v) is 4.30. The first-order chi connectivity index (χ1) is 11.5. The molecule has 2 aromatic rings. The molecular formula is C18H18N2O4. The van der Waals surface area contributed by atoms with Gasteiger partial charge in [-0.15, -0.1) is 0 Å². The van der Waals surface area contributed by atoms with Crippen LogP contribution in [0.4, 0.5) is 5.69 Å². The summed E-state index contributed by atoms with van der Waals surface area (Å²) >= 11 is 0. The minimum absolute atomic E-state index is 0.200. The Morgan fingerprint density at radius 1 is 1.25 bits per heavy atom. The molecule has 124 valence electrons. The van der Waals surface area contributed by atoms with Crippen LogP contribution in [0.1, 0.15) is 35.2 Å². The molecule has 0 bridgehead atoms. The lowest BCUT2D eigenvalue weighted by molar-refractivity contribution is -0.139. The number of aromatic nitrogens is 1. The Kier molecular flexibility index (Phi) is 4.20. The second-order valence-corrected chi connectivity index (χ2v) is 5.80. The van der Waals surface area contributed by atoms with Crippen LogP contribution in [-0.4, -0.2) is 35.1 Å². The van der Waals surface area contributed by atoms with Crippen LogP contribution in [0.15, 0.2) is 42.6 Å². The molecule has 1 amide bonds. The van der Waals surface area contributed by atoms with Crippen molar-refractivity contribution in [1.29, 1.82) is 0 Å². The van der Waals surface area contributed by atoms with Gasteiger partial charge in [0.05, 0.1) is 18.6 Å². The number of hydrogen-bond acceptors (Lipinski definition) is 4. The third-order valence-electron chi connectivity index (χ3n) is 4.30. The fourth-order valence-corrected chi connectivity index (χ4v) is 3.12. The minimum Gasteiger partial charge on any atom is -0.481 e. The van der Waals surface area contributed by atoms with Crippen LogP contribution in [0.25, 0.3) is 0 Å². The summed E-state index contributed by atoms with van der Waals surface area (Å²) in [5, 5.41) is 9.48. The van der Waals surface area contributed by atoms with E-state index in [0.717, 1.165) is 0 Å². The summed E-state index contributed by atoms with van der Waals surface area (Å²) in [5.41, 5.74) is 1.74. The van der Waals surface area contributed by atoms with Gasteiger partial charge in [0.1, 0.15) is 0 Å². The number of rotatable bonds is 3. The molecule has 0 radical (unpaired) electrons. The molecule has 6 nitrogen and oxygen atoms in total. The first-order valence-electron chi connectivity index (χ1n) is 7.68. The summed E-state index contributed by atoms with van der Waals surface area (Å²) in [5.74, 6) is -1.24. The highest BCUT2D eigenvalue weighted by Crippen LogP contribution is 2.39. The minimum atomic E-state index is -0.868. The number of anilines is 1. The summed E-state index contributed by atoms with van der Waals surface area (Å²) in [6.07, 6.45) is 1.85. The van der Waals surface area contributed by atoms with Gasteiger partial charge in [0, 0.05) is 24.0 Å². The maximum atomic E-state index is 12.9. The normalized spacial score (nSPS) is 19.5. The van der Waals surface area contributed by atoms with Crippen LogP contribution in [0.5, 0.6) is 5.88 Å². The van der Waals surface area contributed by atoms with E-state index in [4.69, 9.17) is 4.74 Å². The van der Waals surface area contributed by atoms with E-state index in [9.17, 15) is 14.7 Å². The van der Waals surface area contributed by atoms with Crippen molar-refractivity contribution in [1.82, 2.24) is 4.98 Å². The number of nitrogens with zero attached hydrogens (tertiary/aromatic N) is 2. The molecule has 0 spiro atoms. The van der Waals surface area contributed by atoms with Crippen LogP contribution in [0, 0.1) is 0 Å². The number of hydrogen-bond donors (Lipinski definition) is 1. The molecule has 1 aromatic heterocycles. The van der Waals surface area contributed by atoms with Crippen LogP contribution in [0.3, 0.4) is 0 Å². The van der Waals surface area contributed by atoms with Gasteiger partial charge in [-0.05, 0) is 31.0 Å². The number of methoxy groups -OCH3 is 1. The predicted octanol–water partition coefficient (Wildman–Crippen LogP) is 2.70. The van der Waals surface area contributed by atoms with Crippen molar-refractivity contribution in [2.45, 2.75) is 25.3 Å². The number of carbonyl (C=O) groups is 2. The number of carbonyl (C=O) groups excluding carboxylic acids is 1. The number of aliphatic carboxylic acids is 1. The van der Waals surface area contributed by atoms with Gasteiger partial charge in [0.15, 0.2) is 0 Å². The fourth-order valence-electron chi connectivity index (χ4n) is 3.12. The molecule has 0 fully saturated rings. The molecule has 2 heterocycles. The maximum Gasteiger partial charge on any atom is 0.311 e. The van der Waals surface area contributed by atoms with Gasteiger partial charge in [-0.1, -0.05) is 18.2 Å². The number of amides is 1. The van der Waals surface area contributed by atoms with E-state index < -0.39 is 11.9 Å². The van der Waals surface area contributed by atoms with Gasteiger partial charge < -0.3 is 14.7 Å². The van der Waals surface area contributed by atoms with E-state index in [1.54, 1.807) is 35.2 Å². The number of ether oxygens (including phenoxy) is 1. The van der Waals surface area contributed by atoms with E-state index in [1.165, 1.54) is 13.3 Å². The summed E-state index contributed by atoms with van der Waals surface area (Å²) in [4.78, 5) is 30.2. The number of para-hydroxylation sites is 1. The Hall–Kier alpha value is -2.89. The highest BCUT2D eigenvalue weighted by atomic mass is 16.5. The molecule has 0 saturated heterocycles. The van der Waals surface area contributed by atoms with Crippen LogP contribution in [-0.2, 0) is 4.79 Å². The zero-order valence-electron chi connectivity index (χ0n) is 13.5. The molecule has 0 aliphatic carbocycles. The topological polar surface area (TPSA) is 79.7 Å². The molecule has 0 saturated carbocycles. The zero-order chi connectivity index (χ0) is 17.3. The van der Waals surface area contributed by atoms with Gasteiger partial charge in [-0.2, -0.15) is 0 Å². The van der Waals surface area contributed by atoms with Crippen LogP contribution >= 0.6 is 0 Å². The molecule has 1 aliphatic heterocycles. The predicted molar refractivity (Wildman–Crippen MR) is 88.5 cm³/mol. The lowest BCUT2D eigenvalue weighted by Crippen LogP contribution is -2.44. The number of fused-ring (bicyclic) bond motifs is 1. The monoisotopic (exact) mass is 326 g/mol. The maximum absolute atomic E-state index is 12.9. The molecule has 0 unspecified atom stereocenters. The summed E-state index contributed by atoms with van der Waals surface area (Å²) in [6.45, 7) is 1.86. The molecule has 1 aromatic carbocycles. The molecule has 24 heavy (non-hydrogen) atoms. The molecule has 1 aliphatic rings. The summed E-state index contributed by atoms with van der Waals surface area (Å²) < 4.78 is 5.01. The second kappa shape index (κ2) is 6.31. The van der Waals surface area contributed by atoms with Gasteiger partial charge in [0.2, 0.25) is 5.88 Å². The zero-order valence-corrected chi connectivity index (χ0v) is 13.5. The highest BCUT2D eigenvalue weighted by molar-refractivity contribution is 6.07. The van der Waals surface area contributed by atoms with Gasteiger partial charge in [-0.3, -0.25) is 9.59 Å². The number of benzene rings is 1. The fraction of sp³-hybridized carbons (Fsp3) is 0.278. The number of carboxylic acid groups (broad SMARTS) is 1. The van der Waals surface area contributed by atoms with Crippen molar-refractivity contribution in [2.75, 3.05) is 12.0 Å². The molecule has 6 heteroatoms. The van der Waals surface area contributed by atoms with E-state index in [2.05, 4.69) is 4.98 Å². The summed E-state index contributed by atoms with van der Waals surface area (Å²) in [6, 6.07) is 10.2. The molecular weight excluding hydrogens is 308 g/mol. The van der Waals surface area contributed by atoms with Crippen molar-refractivity contribution in [2.24, 2.45) is 0 Å². The average molecular weight is 326 g/mol. The van der Waals surface area contributed by atoms with Crippen molar-refractivity contribution >= 4 is 17.6 Å². The standard InChI is InChI=1S/C18H18N2O4/c1-11-9-14(18(22)23)13-5-3-4-6-15(13)20(11)17(21)12-7-8-16(24-2)19-10-12/h3-8,10-11,14H,9H2,1-2H3,(H,22,23)/t11-,14-/m0/s1. The Morgan fingerprint density at radius 3 is 2.62 bits per heavy atom. The Morgan fingerprint density at radius 2 is 2.00 bits per heavy atom. The lowest BCUT2D eigenvalue weighted by Gasteiger charge is -2.38. The molecule has 3 rings (SSSR count). The van der Waals surface area contributed by atoms with Crippen molar-refractivity contribution in [3.8, 4) is 5.88 Å². The van der Waals surface area contributed by atoms with Crippen LogP contribution in [0.2, 0.25) is 0 Å². The number of pyridine rings is 1. The van der Waals surface area contributed by atoms with Crippen LogP contribution < -0.4 is 9.64 Å². The van der Waals surface area contributed by atoms with E-state index in [1.807, 2.05) is 13.0 Å². The lowest BCUT2D eigenvalue weighted by atomic mass is 9.86. The highest BCUT2D eigenvalue weighted by Gasteiger charge is 2.37. The van der Waals surface area contributed by atoms with Gasteiger partial charge in [0.25, 0.3) is 5.91 Å². The van der Waals surface area contributed by atoms with Gasteiger partial charge in [-0.25, -0.2) is 4.98 Å². The smallest absolute Gasteiger partial charge is 0.311 e. The first-order valence-corrected chi connectivity index (χ1v) is 7.68. The Balaban J connectivity index is 2.01. The first kappa shape index (κ1) is 16.0. The van der Waals surface area contributed by atoms with Crippen molar-refractivity contribution < 1.29 is 19.4 Å². The Bertz CT molecular complexity index is 773. The second-order valence-electron chi connectivity index (χ2n) is 5.80. The number of carboxylic acids is 1. The van der Waals surface area contributed by atoms with E-state index >= 15 is 0 Å². The molecule has 1 N–H and O–H groups in total. The van der Waals surface area contributed by atoms with Crippen molar-refractivity contribution in [3.05, 3.63) is 53.7 Å². The van der Waals surface area contributed by atoms with Gasteiger partial charge >= 0.3 is 5.97 Å². The third kappa shape index (κ3) is 2.71. The van der Waals surface area contributed by atoms with Crippen molar-refractivity contribution in [3.63, 3.8) is 0 Å². The SMILES string of the molecule is COc1ccc(C(=O)N2c3ccccc3[C@@H](C(=O)O)C[C@@H]2C)cn1. The molecule has 2 atom stereocenters. The quantitative estimate of drug-likeness (QED) is 0.938. The largest absolute Gasteiger partial charge is 0.481 e. The van der Waals surface area contributed by atoms with E-state index in [0.29, 0.717) is 29.1 Å². The summed E-state index contributed by atoms with van der Waals surface area (Å²) in [7, 11) is 1.51. The average Bonchev–Trinajstić information content (AvgIpc) is 2.60. The Labute approximate surface area is 139 Å². The van der Waals surface area contributed by atoms with E-state index in [-0.39, 0.29) is 11.9 Å².